The van der Waals surface area contributed by atoms with Crippen LogP contribution in [0.4, 0.5) is 0 Å². The number of nitrogens with one attached hydrogen (secondary N) is 1. The van der Waals surface area contributed by atoms with Gasteiger partial charge >= 0.3 is 0 Å². The highest BCUT2D eigenvalue weighted by molar-refractivity contribution is 5.78. The molecule has 52 valence electrons. The summed E-state index contributed by atoms with van der Waals surface area (Å²) < 4.78 is 4.86. The number of hydrogen-bond donors (Lipinski definition) is 1. The van der Waals surface area contributed by atoms with Crippen LogP contribution < -0.4 is 5.32 Å². The fourth-order valence-corrected chi connectivity index (χ4v) is 1.00. The number of rotatable bonds is 2. The van der Waals surface area contributed by atoms with E-state index in [1.165, 1.54) is 0 Å². The molecular formula is C6H11NO2. The first-order chi connectivity index (χ1) is 4.33. The van der Waals surface area contributed by atoms with E-state index in [2.05, 4.69) is 5.32 Å². The largest absolute Gasteiger partial charge is 0.383 e. The van der Waals surface area contributed by atoms with Crippen molar-refractivity contribution in [1.29, 1.82) is 0 Å². The van der Waals surface area contributed by atoms with Crippen LogP contribution in [0.1, 0.15) is 12.8 Å². The molecule has 1 rings (SSSR count). The molecule has 0 aromatic rings. The molecule has 1 aliphatic heterocycles. The van der Waals surface area contributed by atoms with Crippen molar-refractivity contribution in [2.75, 3.05) is 13.7 Å². The Kier molecular flexibility index (Phi) is 2.05. The molecule has 0 saturated carbocycles. The highest BCUT2D eigenvalue weighted by Gasteiger charge is 2.19. The molecule has 1 aliphatic rings. The molecule has 0 aromatic carbocycles. The van der Waals surface area contributed by atoms with E-state index in [1.54, 1.807) is 7.11 Å². The average molecular weight is 129 g/mol. The van der Waals surface area contributed by atoms with Gasteiger partial charge in [0.25, 0.3) is 0 Å². The fourth-order valence-electron chi connectivity index (χ4n) is 1.00. The molecular weight excluding hydrogens is 118 g/mol. The standard InChI is InChI=1S/C6H11NO2/c1-9-4-5-2-3-6(8)7-5/h5H,2-4H2,1H3,(H,7,8). The number of carbonyl (C=O) groups excluding carboxylic acids is 1. The molecule has 1 saturated heterocycles. The second-order valence-electron chi connectivity index (χ2n) is 2.26. The Bertz CT molecular complexity index is 114. The quantitative estimate of drug-likeness (QED) is 0.566. The van der Waals surface area contributed by atoms with Crippen LogP contribution in [0.2, 0.25) is 0 Å². The van der Waals surface area contributed by atoms with Gasteiger partial charge < -0.3 is 10.1 Å². The predicted molar refractivity (Wildman–Crippen MR) is 33.0 cm³/mol. The van der Waals surface area contributed by atoms with Crippen LogP contribution in [0.5, 0.6) is 0 Å². The van der Waals surface area contributed by atoms with E-state index in [9.17, 15) is 4.79 Å². The molecule has 0 radical (unpaired) electrons. The lowest BCUT2D eigenvalue weighted by molar-refractivity contribution is -0.119. The Balaban J connectivity index is 2.22. The first kappa shape index (κ1) is 6.55. The molecule has 1 heterocycles. The maximum atomic E-state index is 10.6. The van der Waals surface area contributed by atoms with Gasteiger partial charge in [0, 0.05) is 13.5 Å². The average Bonchev–Trinajstić information content (AvgIpc) is 2.17. The summed E-state index contributed by atoms with van der Waals surface area (Å²) in [7, 11) is 1.64. The molecule has 0 aliphatic carbocycles. The van der Waals surface area contributed by atoms with Gasteiger partial charge in [0.2, 0.25) is 5.91 Å². The first-order valence-electron chi connectivity index (χ1n) is 3.11. The van der Waals surface area contributed by atoms with Gasteiger partial charge in [-0.1, -0.05) is 0 Å². The molecule has 3 nitrogen and oxygen atoms in total. The summed E-state index contributed by atoms with van der Waals surface area (Å²) in [5.41, 5.74) is 0. The Labute approximate surface area is 54.4 Å². The van der Waals surface area contributed by atoms with Crippen LogP contribution in [-0.4, -0.2) is 25.7 Å². The molecule has 1 unspecified atom stereocenters. The van der Waals surface area contributed by atoms with Crippen LogP contribution in [0.3, 0.4) is 0 Å². The Hall–Kier alpha value is -0.570. The number of ether oxygens (including phenoxy) is 1. The first-order valence-corrected chi connectivity index (χ1v) is 3.11. The lowest BCUT2D eigenvalue weighted by Crippen LogP contribution is -2.29. The van der Waals surface area contributed by atoms with Gasteiger partial charge in [-0.2, -0.15) is 0 Å². The normalized spacial score (nSPS) is 26.3. The highest BCUT2D eigenvalue weighted by Crippen LogP contribution is 2.05. The van der Waals surface area contributed by atoms with Crippen LogP contribution in [-0.2, 0) is 9.53 Å². The predicted octanol–water partition coefficient (Wildman–Crippen LogP) is -0.0886. The Morgan fingerprint density at radius 3 is 3.11 bits per heavy atom. The summed E-state index contributed by atoms with van der Waals surface area (Å²) in [4.78, 5) is 10.6. The van der Waals surface area contributed by atoms with Gasteiger partial charge in [-0.25, -0.2) is 0 Å². The fraction of sp³-hybridized carbons (Fsp3) is 0.833. The van der Waals surface area contributed by atoms with E-state index in [0.717, 1.165) is 6.42 Å². The van der Waals surface area contributed by atoms with Crippen LogP contribution in [0.25, 0.3) is 0 Å². The second-order valence-corrected chi connectivity index (χ2v) is 2.26. The van der Waals surface area contributed by atoms with Crippen molar-refractivity contribution in [3.63, 3.8) is 0 Å². The molecule has 1 fully saturated rings. The SMILES string of the molecule is COCC1CCC(=O)N1. The van der Waals surface area contributed by atoms with Gasteiger partial charge in [-0.05, 0) is 6.42 Å². The number of carbonyl (C=O) groups is 1. The number of methoxy groups -OCH3 is 1. The summed E-state index contributed by atoms with van der Waals surface area (Å²) in [6.07, 6.45) is 1.58. The molecule has 1 amide bonds. The summed E-state index contributed by atoms with van der Waals surface area (Å²) >= 11 is 0. The monoisotopic (exact) mass is 129 g/mol. The van der Waals surface area contributed by atoms with Crippen molar-refractivity contribution in [1.82, 2.24) is 5.32 Å². The highest BCUT2D eigenvalue weighted by atomic mass is 16.5. The van der Waals surface area contributed by atoms with Crippen molar-refractivity contribution in [2.24, 2.45) is 0 Å². The zero-order valence-electron chi connectivity index (χ0n) is 5.52. The molecule has 3 heteroatoms. The van der Waals surface area contributed by atoms with Crippen molar-refractivity contribution in [2.45, 2.75) is 18.9 Å². The maximum Gasteiger partial charge on any atom is 0.220 e. The van der Waals surface area contributed by atoms with Crippen LogP contribution >= 0.6 is 0 Å². The Morgan fingerprint density at radius 1 is 1.89 bits per heavy atom. The van der Waals surface area contributed by atoms with Gasteiger partial charge in [-0.3, -0.25) is 4.79 Å². The van der Waals surface area contributed by atoms with Crippen LogP contribution in [0, 0.1) is 0 Å². The van der Waals surface area contributed by atoms with Crippen molar-refractivity contribution >= 4 is 5.91 Å². The third-order valence-electron chi connectivity index (χ3n) is 1.45. The van der Waals surface area contributed by atoms with Crippen LogP contribution in [0.15, 0.2) is 0 Å². The number of hydrogen-bond acceptors (Lipinski definition) is 2. The lowest BCUT2D eigenvalue weighted by atomic mass is 10.2. The third kappa shape index (κ3) is 1.68. The minimum atomic E-state index is 0.150. The van der Waals surface area contributed by atoms with Gasteiger partial charge in [0.15, 0.2) is 0 Å². The van der Waals surface area contributed by atoms with Crippen molar-refractivity contribution in [3.05, 3.63) is 0 Å². The molecule has 0 aromatic heterocycles. The zero-order chi connectivity index (χ0) is 6.69. The number of amides is 1. The maximum absolute atomic E-state index is 10.6. The minimum absolute atomic E-state index is 0.150. The molecule has 1 N–H and O–H groups in total. The molecule has 1 atom stereocenters. The lowest BCUT2D eigenvalue weighted by Gasteiger charge is -2.05. The van der Waals surface area contributed by atoms with Gasteiger partial charge in [0.1, 0.15) is 0 Å². The summed E-state index contributed by atoms with van der Waals surface area (Å²) in [6, 6.07) is 0.266. The Morgan fingerprint density at radius 2 is 2.67 bits per heavy atom. The minimum Gasteiger partial charge on any atom is -0.383 e. The van der Waals surface area contributed by atoms with Crippen molar-refractivity contribution < 1.29 is 9.53 Å². The summed E-state index contributed by atoms with van der Waals surface area (Å²) in [6.45, 7) is 0.645. The zero-order valence-corrected chi connectivity index (χ0v) is 5.52. The van der Waals surface area contributed by atoms with E-state index < -0.39 is 0 Å². The van der Waals surface area contributed by atoms with Gasteiger partial charge in [-0.15, -0.1) is 0 Å². The summed E-state index contributed by atoms with van der Waals surface area (Å²) in [5.74, 6) is 0.150. The van der Waals surface area contributed by atoms with Gasteiger partial charge in [0.05, 0.1) is 12.6 Å². The summed E-state index contributed by atoms with van der Waals surface area (Å²) in [5, 5.41) is 2.79. The topological polar surface area (TPSA) is 38.3 Å². The molecule has 0 bridgehead atoms. The van der Waals surface area contributed by atoms with E-state index in [0.29, 0.717) is 13.0 Å². The van der Waals surface area contributed by atoms with E-state index >= 15 is 0 Å². The van der Waals surface area contributed by atoms with E-state index in [1.807, 2.05) is 0 Å². The van der Waals surface area contributed by atoms with E-state index in [4.69, 9.17) is 4.74 Å². The second kappa shape index (κ2) is 2.82. The third-order valence-corrected chi connectivity index (χ3v) is 1.45. The van der Waals surface area contributed by atoms with E-state index in [-0.39, 0.29) is 11.9 Å². The molecule has 0 spiro atoms. The van der Waals surface area contributed by atoms with Crippen molar-refractivity contribution in [3.8, 4) is 0 Å². The smallest absolute Gasteiger partial charge is 0.220 e. The molecule has 9 heavy (non-hydrogen) atoms.